The number of aromatic nitrogens is 1. The Hall–Kier alpha value is -1.53. The summed E-state index contributed by atoms with van der Waals surface area (Å²) in [6.07, 6.45) is 5.38. The van der Waals surface area contributed by atoms with Gasteiger partial charge in [-0.15, -0.1) is 0 Å². The summed E-state index contributed by atoms with van der Waals surface area (Å²) in [7, 11) is 0. The molecule has 2 heterocycles. The molecule has 0 bridgehead atoms. The zero-order valence-electron chi connectivity index (χ0n) is 12.7. The van der Waals surface area contributed by atoms with Gasteiger partial charge in [-0.25, -0.2) is 0 Å². The molecule has 3 N–H and O–H groups in total. The lowest BCUT2D eigenvalue weighted by Crippen LogP contribution is -2.43. The van der Waals surface area contributed by atoms with E-state index in [1.54, 1.807) is 0 Å². The Kier molecular flexibility index (Phi) is 6.07. The molecule has 1 aromatic rings. The van der Waals surface area contributed by atoms with Crippen LogP contribution in [0.3, 0.4) is 0 Å². The third-order valence-corrected chi connectivity index (χ3v) is 3.63. The molecule has 21 heavy (non-hydrogen) atoms. The second-order valence-corrected chi connectivity index (χ2v) is 5.38. The number of nitrogens with zero attached hydrogens (tertiary/aromatic N) is 2. The number of nitrogens with one attached hydrogen (secondary N) is 2. The Labute approximate surface area is 126 Å². The molecule has 2 rings (SSSR count). The maximum Gasteiger partial charge on any atom is 0.191 e. The maximum atomic E-state index is 10.4. The van der Waals surface area contributed by atoms with E-state index in [1.165, 1.54) is 0 Å². The zero-order chi connectivity index (χ0) is 15.0. The summed E-state index contributed by atoms with van der Waals surface area (Å²) in [6.45, 7) is 6.16. The number of guanidine groups is 1. The van der Waals surface area contributed by atoms with Gasteiger partial charge in [0.05, 0.1) is 12.1 Å². The lowest BCUT2D eigenvalue weighted by Gasteiger charge is -2.30. The number of aliphatic imine (C=N–C) groups is 1. The van der Waals surface area contributed by atoms with Crippen molar-refractivity contribution in [2.24, 2.45) is 4.99 Å². The highest BCUT2D eigenvalue weighted by molar-refractivity contribution is 5.79. The minimum absolute atomic E-state index is 0.412. The number of rotatable bonds is 6. The SMILES string of the molecule is CCNC(=NCC1(O)CCOCC1)NCCn1cccc1. The molecule has 0 radical (unpaired) electrons. The molecule has 6 nitrogen and oxygen atoms in total. The van der Waals surface area contributed by atoms with Crippen LogP contribution in [0.2, 0.25) is 0 Å². The molecule has 0 amide bonds. The van der Waals surface area contributed by atoms with Crippen molar-refractivity contribution in [3.8, 4) is 0 Å². The van der Waals surface area contributed by atoms with Gasteiger partial charge in [0.25, 0.3) is 0 Å². The predicted molar refractivity (Wildman–Crippen MR) is 83.4 cm³/mol. The summed E-state index contributed by atoms with van der Waals surface area (Å²) in [6, 6.07) is 4.03. The van der Waals surface area contributed by atoms with Gasteiger partial charge in [-0.05, 0) is 19.1 Å². The topological polar surface area (TPSA) is 70.8 Å². The molecule has 1 aliphatic rings. The lowest BCUT2D eigenvalue weighted by molar-refractivity contribution is -0.0565. The summed E-state index contributed by atoms with van der Waals surface area (Å²) < 4.78 is 7.40. The summed E-state index contributed by atoms with van der Waals surface area (Å²) in [5.41, 5.74) is -0.721. The van der Waals surface area contributed by atoms with E-state index in [-0.39, 0.29) is 0 Å². The molecule has 0 saturated carbocycles. The normalized spacial score (nSPS) is 18.5. The van der Waals surface area contributed by atoms with Crippen LogP contribution in [-0.2, 0) is 11.3 Å². The largest absolute Gasteiger partial charge is 0.388 e. The van der Waals surface area contributed by atoms with Gasteiger partial charge in [-0.3, -0.25) is 4.99 Å². The molecule has 0 atom stereocenters. The van der Waals surface area contributed by atoms with E-state index >= 15 is 0 Å². The Bertz CT molecular complexity index is 425. The first-order valence-electron chi connectivity index (χ1n) is 7.65. The molecule has 0 spiro atoms. The van der Waals surface area contributed by atoms with Gasteiger partial charge in [-0.2, -0.15) is 0 Å². The van der Waals surface area contributed by atoms with Crippen LogP contribution in [0.25, 0.3) is 0 Å². The summed E-state index contributed by atoms with van der Waals surface area (Å²) >= 11 is 0. The number of ether oxygens (including phenoxy) is 1. The third kappa shape index (κ3) is 5.40. The van der Waals surface area contributed by atoms with Crippen LogP contribution in [0.4, 0.5) is 0 Å². The fourth-order valence-electron chi connectivity index (χ4n) is 2.30. The van der Waals surface area contributed by atoms with Crippen LogP contribution >= 0.6 is 0 Å². The molecular formula is C15H26N4O2. The van der Waals surface area contributed by atoms with Crippen molar-refractivity contribution >= 4 is 5.96 Å². The van der Waals surface area contributed by atoms with E-state index in [0.29, 0.717) is 32.6 Å². The van der Waals surface area contributed by atoms with Crippen molar-refractivity contribution in [2.45, 2.75) is 31.9 Å². The van der Waals surface area contributed by atoms with Crippen molar-refractivity contribution in [2.75, 3.05) is 32.8 Å². The Morgan fingerprint density at radius 2 is 2.00 bits per heavy atom. The first kappa shape index (κ1) is 15.9. The minimum Gasteiger partial charge on any atom is -0.388 e. The summed E-state index contributed by atoms with van der Waals surface area (Å²) in [5.74, 6) is 0.754. The Balaban J connectivity index is 1.80. The van der Waals surface area contributed by atoms with Crippen LogP contribution in [-0.4, -0.2) is 54.1 Å². The third-order valence-electron chi connectivity index (χ3n) is 3.63. The lowest BCUT2D eigenvalue weighted by atomic mass is 9.95. The molecule has 1 fully saturated rings. The van der Waals surface area contributed by atoms with Crippen LogP contribution < -0.4 is 10.6 Å². The predicted octanol–water partition coefficient (Wildman–Crippen LogP) is 0.585. The minimum atomic E-state index is -0.721. The van der Waals surface area contributed by atoms with Gasteiger partial charge in [-0.1, -0.05) is 0 Å². The van der Waals surface area contributed by atoms with Gasteiger partial charge >= 0.3 is 0 Å². The van der Waals surface area contributed by atoms with Gasteiger partial charge in [0.2, 0.25) is 0 Å². The molecule has 0 unspecified atom stereocenters. The van der Waals surface area contributed by atoms with Crippen molar-refractivity contribution in [3.63, 3.8) is 0 Å². The Morgan fingerprint density at radius 1 is 1.29 bits per heavy atom. The van der Waals surface area contributed by atoms with Gasteiger partial charge in [0.15, 0.2) is 5.96 Å². The van der Waals surface area contributed by atoms with Gasteiger partial charge in [0, 0.05) is 58.1 Å². The van der Waals surface area contributed by atoms with E-state index in [2.05, 4.69) is 20.2 Å². The van der Waals surface area contributed by atoms with Crippen LogP contribution in [0.5, 0.6) is 0 Å². The van der Waals surface area contributed by atoms with Crippen molar-refractivity contribution in [1.82, 2.24) is 15.2 Å². The molecular weight excluding hydrogens is 268 g/mol. The van der Waals surface area contributed by atoms with Crippen molar-refractivity contribution in [3.05, 3.63) is 24.5 Å². The molecule has 1 saturated heterocycles. The van der Waals surface area contributed by atoms with Gasteiger partial charge in [0.1, 0.15) is 0 Å². The number of hydrogen-bond donors (Lipinski definition) is 3. The van der Waals surface area contributed by atoms with Crippen molar-refractivity contribution < 1.29 is 9.84 Å². The molecule has 6 heteroatoms. The monoisotopic (exact) mass is 294 g/mol. The number of aliphatic hydroxyl groups is 1. The fourth-order valence-corrected chi connectivity index (χ4v) is 2.30. The van der Waals surface area contributed by atoms with Gasteiger partial charge < -0.3 is 25.0 Å². The highest BCUT2D eigenvalue weighted by atomic mass is 16.5. The van der Waals surface area contributed by atoms with E-state index in [1.807, 2.05) is 31.5 Å². The molecule has 0 aromatic carbocycles. The summed E-state index contributed by atoms with van der Waals surface area (Å²) in [4.78, 5) is 4.51. The quantitative estimate of drug-likeness (QED) is 0.530. The highest BCUT2D eigenvalue weighted by Gasteiger charge is 2.29. The Morgan fingerprint density at radius 3 is 2.67 bits per heavy atom. The molecule has 1 aromatic heterocycles. The maximum absolute atomic E-state index is 10.4. The summed E-state index contributed by atoms with van der Waals surface area (Å²) in [5, 5.41) is 16.9. The number of hydrogen-bond acceptors (Lipinski definition) is 3. The van der Waals surface area contributed by atoms with E-state index in [4.69, 9.17) is 4.74 Å². The highest BCUT2D eigenvalue weighted by Crippen LogP contribution is 2.20. The van der Waals surface area contributed by atoms with E-state index in [0.717, 1.165) is 25.6 Å². The van der Waals surface area contributed by atoms with E-state index < -0.39 is 5.60 Å². The molecule has 0 aliphatic carbocycles. The molecule has 118 valence electrons. The van der Waals surface area contributed by atoms with Crippen LogP contribution in [0, 0.1) is 0 Å². The second kappa shape index (κ2) is 8.05. The second-order valence-electron chi connectivity index (χ2n) is 5.38. The first-order valence-corrected chi connectivity index (χ1v) is 7.65. The first-order chi connectivity index (χ1) is 10.2. The standard InChI is InChI=1S/C15H26N4O2/c1-2-16-14(17-7-10-19-8-3-4-9-19)18-13-15(20)5-11-21-12-6-15/h3-4,8-9,20H,2,5-7,10-13H2,1H3,(H2,16,17,18). The molecule has 1 aliphatic heterocycles. The van der Waals surface area contributed by atoms with Crippen LogP contribution in [0.1, 0.15) is 19.8 Å². The smallest absolute Gasteiger partial charge is 0.191 e. The van der Waals surface area contributed by atoms with Crippen molar-refractivity contribution in [1.29, 1.82) is 0 Å². The van der Waals surface area contributed by atoms with E-state index in [9.17, 15) is 5.11 Å². The van der Waals surface area contributed by atoms with Crippen LogP contribution in [0.15, 0.2) is 29.5 Å². The average molecular weight is 294 g/mol. The average Bonchev–Trinajstić information content (AvgIpc) is 2.99. The zero-order valence-corrected chi connectivity index (χ0v) is 12.7. The fraction of sp³-hybridized carbons (Fsp3) is 0.667.